The van der Waals surface area contributed by atoms with E-state index >= 15 is 0 Å². The third-order valence-corrected chi connectivity index (χ3v) is 3.04. The number of rotatable bonds is 5. The lowest BCUT2D eigenvalue weighted by Gasteiger charge is -2.25. The number of hydrogen-bond acceptors (Lipinski definition) is 4. The molecule has 0 fully saturated rings. The molecule has 0 amide bonds. The van der Waals surface area contributed by atoms with Crippen molar-refractivity contribution in [2.45, 2.75) is 47.1 Å². The molecule has 0 aromatic carbocycles. The Balaban J connectivity index is -0.000000376. The third-order valence-electron chi connectivity index (χ3n) is 1.48. The number of sulfonamides is 1. The van der Waals surface area contributed by atoms with Crippen LogP contribution in [-0.2, 0) is 10.0 Å². The lowest BCUT2D eigenvalue weighted by Crippen LogP contribution is -2.52. The molecule has 5 nitrogen and oxygen atoms in total. The van der Waals surface area contributed by atoms with E-state index in [4.69, 9.17) is 10.2 Å². The maximum Gasteiger partial charge on any atom is 0.211 e. The fourth-order valence-corrected chi connectivity index (χ4v) is 1.59. The van der Waals surface area contributed by atoms with Crippen molar-refractivity contribution in [2.24, 2.45) is 0 Å². The van der Waals surface area contributed by atoms with Gasteiger partial charge in [-0.3, -0.25) is 0 Å². The summed E-state index contributed by atoms with van der Waals surface area (Å²) in [5.41, 5.74) is -1.16. The van der Waals surface area contributed by atoms with E-state index in [0.717, 1.165) is 0 Å². The minimum absolute atomic E-state index is 0.0669. The van der Waals surface area contributed by atoms with Crippen molar-refractivity contribution in [3.05, 3.63) is 0 Å². The van der Waals surface area contributed by atoms with Crippen LogP contribution in [0.15, 0.2) is 0 Å². The Hall–Kier alpha value is -0.170. The monoisotopic (exact) mass is 257 g/mol. The van der Waals surface area contributed by atoms with Gasteiger partial charge in [0.25, 0.3) is 0 Å². The van der Waals surface area contributed by atoms with Gasteiger partial charge >= 0.3 is 0 Å². The zero-order valence-electron chi connectivity index (χ0n) is 11.2. The first kappa shape index (κ1) is 21.1. The van der Waals surface area contributed by atoms with Gasteiger partial charge in [-0.05, 0) is 13.8 Å². The zero-order valence-corrected chi connectivity index (χ0v) is 12.1. The molecule has 0 spiro atoms. The second-order valence-electron chi connectivity index (χ2n) is 2.88. The molecule has 0 atom stereocenters. The van der Waals surface area contributed by atoms with E-state index in [-0.39, 0.29) is 5.75 Å². The summed E-state index contributed by atoms with van der Waals surface area (Å²) in [4.78, 5) is 0. The predicted octanol–water partition coefficient (Wildman–Crippen LogP) is 0.721. The van der Waals surface area contributed by atoms with Crippen molar-refractivity contribution < 1.29 is 18.6 Å². The van der Waals surface area contributed by atoms with Crippen LogP contribution in [-0.4, -0.2) is 43.1 Å². The molecular weight excluding hydrogens is 230 g/mol. The van der Waals surface area contributed by atoms with E-state index in [9.17, 15) is 8.42 Å². The van der Waals surface area contributed by atoms with Crippen molar-refractivity contribution in [1.29, 1.82) is 0 Å². The van der Waals surface area contributed by atoms with Gasteiger partial charge in [0.15, 0.2) is 0 Å². The number of aliphatic hydroxyl groups is 2. The van der Waals surface area contributed by atoms with Crippen molar-refractivity contribution in [1.82, 2.24) is 4.72 Å². The first-order valence-corrected chi connectivity index (χ1v) is 7.28. The van der Waals surface area contributed by atoms with E-state index in [2.05, 4.69) is 4.72 Å². The van der Waals surface area contributed by atoms with Gasteiger partial charge < -0.3 is 10.2 Å². The average Bonchev–Trinajstić information content (AvgIpc) is 2.33. The van der Waals surface area contributed by atoms with Crippen LogP contribution < -0.4 is 4.72 Å². The number of hydrogen-bond donors (Lipinski definition) is 3. The molecule has 0 saturated carbocycles. The van der Waals surface area contributed by atoms with Crippen molar-refractivity contribution in [3.63, 3.8) is 0 Å². The first-order chi connectivity index (χ1) is 7.39. The van der Waals surface area contributed by atoms with E-state index in [1.54, 1.807) is 0 Å². The van der Waals surface area contributed by atoms with Crippen LogP contribution >= 0.6 is 0 Å². The highest BCUT2D eigenvalue weighted by atomic mass is 32.2. The summed E-state index contributed by atoms with van der Waals surface area (Å²) in [6, 6.07) is 0. The Morgan fingerprint density at radius 2 is 1.38 bits per heavy atom. The van der Waals surface area contributed by atoms with Crippen LogP contribution in [0.25, 0.3) is 0 Å². The second kappa shape index (κ2) is 11.3. The molecule has 0 aromatic rings. The van der Waals surface area contributed by atoms with E-state index < -0.39 is 28.8 Å². The molecule has 0 saturated heterocycles. The summed E-state index contributed by atoms with van der Waals surface area (Å²) in [7, 11) is -3.37. The molecule has 3 N–H and O–H groups in total. The smallest absolute Gasteiger partial charge is 0.211 e. The summed E-state index contributed by atoms with van der Waals surface area (Å²) in [6.07, 6.45) is 0. The van der Waals surface area contributed by atoms with Gasteiger partial charge in [0.2, 0.25) is 10.0 Å². The molecule has 0 aliphatic carbocycles. The van der Waals surface area contributed by atoms with Gasteiger partial charge in [-0.15, -0.1) is 0 Å². The van der Waals surface area contributed by atoms with Crippen molar-refractivity contribution >= 4 is 10.0 Å². The summed E-state index contributed by atoms with van der Waals surface area (Å²) in [6.45, 7) is 10.1. The normalized spacial score (nSPS) is 10.8. The van der Waals surface area contributed by atoms with Gasteiger partial charge in [0.05, 0.1) is 24.5 Å². The van der Waals surface area contributed by atoms with Gasteiger partial charge in [0.1, 0.15) is 0 Å². The minimum atomic E-state index is -3.37. The Labute approximate surface area is 99.9 Å². The molecule has 0 aromatic heterocycles. The summed E-state index contributed by atoms with van der Waals surface area (Å²) in [5, 5.41) is 17.5. The van der Waals surface area contributed by atoms with Crippen LogP contribution in [0, 0.1) is 0 Å². The van der Waals surface area contributed by atoms with Crippen LogP contribution in [0.5, 0.6) is 0 Å². The van der Waals surface area contributed by atoms with Crippen molar-refractivity contribution in [2.75, 3.05) is 19.0 Å². The van der Waals surface area contributed by atoms with Gasteiger partial charge in [-0.1, -0.05) is 27.7 Å². The maximum absolute atomic E-state index is 11.0. The van der Waals surface area contributed by atoms with Crippen molar-refractivity contribution in [3.8, 4) is 0 Å². The molecule has 0 radical (unpaired) electrons. The summed E-state index contributed by atoms with van der Waals surface area (Å²) < 4.78 is 24.2. The molecule has 0 rings (SSSR count). The average molecular weight is 257 g/mol. The highest BCUT2D eigenvalue weighted by Gasteiger charge is 2.27. The van der Waals surface area contributed by atoms with Gasteiger partial charge in [-0.2, -0.15) is 0 Å². The van der Waals surface area contributed by atoms with E-state index in [1.807, 2.05) is 27.7 Å². The molecule has 16 heavy (non-hydrogen) atoms. The zero-order chi connectivity index (χ0) is 13.8. The topological polar surface area (TPSA) is 86.6 Å². The lowest BCUT2D eigenvalue weighted by atomic mass is 10.1. The highest BCUT2D eigenvalue weighted by molar-refractivity contribution is 7.89. The van der Waals surface area contributed by atoms with Gasteiger partial charge in [0, 0.05) is 0 Å². The molecule has 0 aliphatic heterocycles. The molecular formula is C10H27NO4S. The maximum atomic E-state index is 11.0. The molecule has 0 bridgehead atoms. The SMILES string of the molecule is CC.CC.CCS(=O)(=O)NC(C)(CO)CO. The Bertz CT molecular complexity index is 223. The fraction of sp³-hybridized carbons (Fsp3) is 1.00. The second-order valence-corrected chi connectivity index (χ2v) is 4.89. The minimum Gasteiger partial charge on any atom is -0.394 e. The molecule has 102 valence electrons. The molecule has 6 heteroatoms. The van der Waals surface area contributed by atoms with E-state index in [1.165, 1.54) is 13.8 Å². The van der Waals surface area contributed by atoms with Gasteiger partial charge in [-0.25, -0.2) is 13.1 Å². The molecule has 0 aliphatic rings. The van der Waals surface area contributed by atoms with Crippen LogP contribution in [0.3, 0.4) is 0 Å². The fourth-order valence-electron chi connectivity index (χ4n) is 0.562. The van der Waals surface area contributed by atoms with Crippen LogP contribution in [0.4, 0.5) is 0 Å². The predicted molar refractivity (Wildman–Crippen MR) is 67.9 cm³/mol. The Morgan fingerprint density at radius 3 is 1.56 bits per heavy atom. The Kier molecular flexibility index (Phi) is 15.0. The standard InChI is InChI=1S/C6H15NO4S.2C2H6/c1-3-12(10,11)7-6(2,4-8)5-9;2*1-2/h7-9H,3-5H2,1-2H3;2*1-2H3. The van der Waals surface area contributed by atoms with Crippen LogP contribution in [0.2, 0.25) is 0 Å². The first-order valence-electron chi connectivity index (χ1n) is 5.62. The number of nitrogens with one attached hydrogen (secondary N) is 1. The molecule has 0 unspecified atom stereocenters. The van der Waals surface area contributed by atoms with E-state index in [0.29, 0.717) is 0 Å². The molecule has 0 heterocycles. The largest absolute Gasteiger partial charge is 0.394 e. The summed E-state index contributed by atoms with van der Waals surface area (Å²) in [5.74, 6) is -0.0669. The highest BCUT2D eigenvalue weighted by Crippen LogP contribution is 2.03. The third kappa shape index (κ3) is 10.4. The number of aliphatic hydroxyl groups excluding tert-OH is 2. The Morgan fingerprint density at radius 1 is 1.06 bits per heavy atom. The quantitative estimate of drug-likeness (QED) is 0.677. The summed E-state index contributed by atoms with van der Waals surface area (Å²) >= 11 is 0. The lowest BCUT2D eigenvalue weighted by molar-refractivity contribution is 0.122. The van der Waals surface area contributed by atoms with Crippen LogP contribution in [0.1, 0.15) is 41.5 Å².